The summed E-state index contributed by atoms with van der Waals surface area (Å²) in [4.78, 5) is 24.2. The Hall–Kier alpha value is -2.65. The Morgan fingerprint density at radius 2 is 2.07 bits per heavy atom. The number of hydrogen-bond donors (Lipinski definition) is 4. The highest BCUT2D eigenvalue weighted by Crippen LogP contribution is 2.32. The minimum atomic E-state index is -4.12. The Balaban J connectivity index is 1.59. The molecule has 5 N–H and O–H groups in total. The maximum Gasteiger partial charge on any atom is 0.273 e. The van der Waals surface area contributed by atoms with Crippen molar-refractivity contribution in [1.29, 1.82) is 0 Å². The molecule has 0 unspecified atom stereocenters. The molecule has 1 aliphatic rings. The molecule has 0 aromatic carbocycles. The van der Waals surface area contributed by atoms with Gasteiger partial charge in [-0.3, -0.25) is 9.36 Å². The van der Waals surface area contributed by atoms with Gasteiger partial charge in [-0.2, -0.15) is 0 Å². The van der Waals surface area contributed by atoms with Crippen molar-refractivity contribution in [3.63, 3.8) is 0 Å². The molecular weight excluding hydrogens is 412 g/mol. The number of carbonyl (C=O) groups excluding carboxylic acids is 1. The Labute approximate surface area is 161 Å². The Morgan fingerprint density at radius 1 is 1.29 bits per heavy atom. The zero-order chi connectivity index (χ0) is 20.1. The van der Waals surface area contributed by atoms with Gasteiger partial charge in [-0.25, -0.2) is 28.1 Å². The number of rotatable bonds is 4. The van der Waals surface area contributed by atoms with Crippen molar-refractivity contribution >= 4 is 44.2 Å². The van der Waals surface area contributed by atoms with E-state index in [4.69, 9.17) is 10.5 Å². The second-order valence-electron chi connectivity index (χ2n) is 5.91. The number of nitrogen functional groups attached to an aromatic ring is 1. The summed E-state index contributed by atoms with van der Waals surface area (Å²) in [5, 5.41) is 22.1. The lowest BCUT2D eigenvalue weighted by atomic mass is 10.1. The summed E-state index contributed by atoms with van der Waals surface area (Å²) in [5.41, 5.74) is 6.18. The Morgan fingerprint density at radius 3 is 2.79 bits per heavy atom. The number of aliphatic hydroxyl groups excluding tert-OH is 2. The third-order valence-electron chi connectivity index (χ3n) is 4.15. The first-order chi connectivity index (χ1) is 13.3. The number of nitrogens with two attached hydrogens (primary N) is 1. The zero-order valence-corrected chi connectivity index (χ0v) is 15.5. The summed E-state index contributed by atoms with van der Waals surface area (Å²) in [7, 11) is -4.12. The van der Waals surface area contributed by atoms with Gasteiger partial charge in [0.2, 0.25) is 0 Å². The molecule has 1 aliphatic heterocycles. The van der Waals surface area contributed by atoms with Gasteiger partial charge in [-0.1, -0.05) is 6.07 Å². The highest BCUT2D eigenvalue weighted by Gasteiger charge is 2.48. The molecule has 148 valence electrons. The fourth-order valence-electron chi connectivity index (χ4n) is 2.82. The van der Waals surface area contributed by atoms with Crippen LogP contribution in [0.2, 0.25) is 0 Å². The molecule has 0 radical (unpaired) electrons. The van der Waals surface area contributed by atoms with Crippen LogP contribution in [0, 0.1) is 0 Å². The molecule has 0 saturated carbocycles. The van der Waals surface area contributed by atoms with Crippen LogP contribution in [0.25, 0.3) is 11.2 Å². The average molecular weight is 426 g/mol. The number of thiophene rings is 1. The number of anilines is 1. The van der Waals surface area contributed by atoms with Crippen molar-refractivity contribution in [2.24, 2.45) is 0 Å². The van der Waals surface area contributed by atoms with Crippen LogP contribution in [0.3, 0.4) is 0 Å². The number of hydrogen-bond acceptors (Lipinski definition) is 11. The number of nitrogens with one attached hydrogen (secondary N) is 1. The lowest BCUT2D eigenvalue weighted by Crippen LogP contribution is -2.44. The molecular formula is C14H14N6O6S2. The second-order valence-corrected chi connectivity index (χ2v) is 8.77. The van der Waals surface area contributed by atoms with Crippen molar-refractivity contribution < 1.29 is 28.2 Å². The summed E-state index contributed by atoms with van der Waals surface area (Å²) >= 11 is 0.923. The lowest BCUT2D eigenvalue weighted by Gasteiger charge is -2.16. The van der Waals surface area contributed by atoms with E-state index in [0.717, 1.165) is 11.3 Å². The van der Waals surface area contributed by atoms with Gasteiger partial charge < -0.3 is 20.7 Å². The molecule has 3 aromatic heterocycles. The van der Waals surface area contributed by atoms with Crippen molar-refractivity contribution in [2.45, 2.75) is 28.7 Å². The predicted octanol–water partition coefficient (Wildman–Crippen LogP) is -1.41. The van der Waals surface area contributed by atoms with Crippen LogP contribution in [0.5, 0.6) is 0 Å². The van der Waals surface area contributed by atoms with Crippen molar-refractivity contribution in [2.75, 3.05) is 5.73 Å². The van der Waals surface area contributed by atoms with E-state index < -0.39 is 40.5 Å². The highest BCUT2D eigenvalue weighted by atomic mass is 32.2. The Kier molecular flexibility index (Phi) is 4.51. The van der Waals surface area contributed by atoms with Gasteiger partial charge in [0, 0.05) is 0 Å². The smallest absolute Gasteiger partial charge is 0.273 e. The largest absolute Gasteiger partial charge is 0.387 e. The van der Waals surface area contributed by atoms with E-state index in [-0.39, 0.29) is 21.2 Å². The van der Waals surface area contributed by atoms with E-state index in [2.05, 4.69) is 15.0 Å². The van der Waals surface area contributed by atoms with Gasteiger partial charge in [0.05, 0.1) is 6.33 Å². The predicted molar refractivity (Wildman–Crippen MR) is 95.3 cm³/mol. The number of imidazole rings is 1. The molecule has 14 heteroatoms. The monoisotopic (exact) mass is 426 g/mol. The van der Waals surface area contributed by atoms with E-state index in [1.54, 1.807) is 0 Å². The third-order valence-corrected chi connectivity index (χ3v) is 6.90. The van der Waals surface area contributed by atoms with E-state index in [1.165, 1.54) is 34.7 Å². The summed E-state index contributed by atoms with van der Waals surface area (Å²) in [6, 6.07) is 2.84. The first-order valence-corrected chi connectivity index (χ1v) is 10.2. The second kappa shape index (κ2) is 6.75. The number of aromatic nitrogens is 4. The first kappa shape index (κ1) is 18.7. The molecule has 3 aromatic rings. The maximum atomic E-state index is 12.4. The number of aliphatic hydroxyl groups is 2. The van der Waals surface area contributed by atoms with Gasteiger partial charge in [-0.15, -0.1) is 11.3 Å². The molecule has 12 nitrogen and oxygen atoms in total. The van der Waals surface area contributed by atoms with Gasteiger partial charge >= 0.3 is 0 Å². The first-order valence-electron chi connectivity index (χ1n) is 7.84. The number of amides is 1. The summed E-state index contributed by atoms with van der Waals surface area (Å²) < 4.78 is 32.9. The zero-order valence-electron chi connectivity index (χ0n) is 13.9. The topological polar surface area (TPSA) is 183 Å². The molecule has 28 heavy (non-hydrogen) atoms. The van der Waals surface area contributed by atoms with Crippen molar-refractivity contribution in [3.05, 3.63) is 30.2 Å². The molecule has 1 amide bonds. The molecule has 0 spiro atoms. The van der Waals surface area contributed by atoms with Crippen LogP contribution in [0.1, 0.15) is 6.23 Å². The van der Waals surface area contributed by atoms with Crippen LogP contribution in [0.15, 0.2) is 34.4 Å². The number of fused-ring (bicyclic) bond motifs is 1. The van der Waals surface area contributed by atoms with Crippen LogP contribution < -0.4 is 10.5 Å². The normalized spacial score (nSPS) is 25.2. The van der Waals surface area contributed by atoms with Crippen molar-refractivity contribution in [3.8, 4) is 0 Å². The quantitative estimate of drug-likeness (QED) is 0.387. The van der Waals surface area contributed by atoms with Gasteiger partial charge in [-0.05, 0) is 11.4 Å². The molecule has 0 bridgehead atoms. The van der Waals surface area contributed by atoms with E-state index >= 15 is 0 Å². The Bertz CT molecular complexity index is 1130. The van der Waals surface area contributed by atoms with Gasteiger partial charge in [0.1, 0.15) is 28.3 Å². The summed E-state index contributed by atoms with van der Waals surface area (Å²) in [6.45, 7) is 0. The minimum Gasteiger partial charge on any atom is -0.387 e. The molecule has 1 fully saturated rings. The third kappa shape index (κ3) is 3.00. The molecule has 0 aliphatic carbocycles. The van der Waals surface area contributed by atoms with Crippen LogP contribution >= 0.6 is 11.3 Å². The van der Waals surface area contributed by atoms with E-state index in [9.17, 15) is 23.4 Å². The van der Waals surface area contributed by atoms with Gasteiger partial charge in [0.15, 0.2) is 23.8 Å². The number of sulfonamides is 1. The van der Waals surface area contributed by atoms with E-state index in [1.807, 2.05) is 4.72 Å². The SMILES string of the molecule is Nc1ncnc2c1ncn2[C@@H]1O[C@H](C(=O)NS(=O)(=O)c2cccs2)[C@@H](O)[C@H]1O. The lowest BCUT2D eigenvalue weighted by molar-refractivity contribution is -0.135. The minimum absolute atomic E-state index is 0.0711. The van der Waals surface area contributed by atoms with Crippen LogP contribution in [0.4, 0.5) is 5.82 Å². The summed E-state index contributed by atoms with van der Waals surface area (Å²) in [6.07, 6.45) is -3.65. The molecule has 4 heterocycles. The highest BCUT2D eigenvalue weighted by molar-refractivity contribution is 7.92. The van der Waals surface area contributed by atoms with E-state index in [0.29, 0.717) is 0 Å². The number of nitrogens with zero attached hydrogens (tertiary/aromatic N) is 4. The fourth-order valence-corrected chi connectivity index (χ4v) is 4.81. The molecule has 4 rings (SSSR count). The standard InChI is InChI=1S/C14H14N6O6S2/c15-11-7-12(17-4-16-11)20(5-18-7)14-9(22)8(21)10(26-14)13(23)19-28(24,25)6-2-1-3-27-6/h1-5,8-10,14,21-22H,(H,19,23)(H2,15,16,17)/t8-,9+,10-,14+/m0/s1. The number of carbonyl (C=O) groups is 1. The maximum absolute atomic E-state index is 12.4. The summed E-state index contributed by atoms with van der Waals surface area (Å²) in [5.74, 6) is -1.01. The van der Waals surface area contributed by atoms with Crippen molar-refractivity contribution in [1.82, 2.24) is 24.2 Å². The fraction of sp³-hybridized carbons (Fsp3) is 0.286. The average Bonchev–Trinajstić information content (AvgIpc) is 3.36. The number of ether oxygens (including phenoxy) is 1. The molecule has 4 atom stereocenters. The molecule has 1 saturated heterocycles. The van der Waals surface area contributed by atoms with Crippen LogP contribution in [-0.2, 0) is 19.6 Å². The van der Waals surface area contributed by atoms with Crippen LogP contribution in [-0.4, -0.2) is 62.4 Å². The van der Waals surface area contributed by atoms with Gasteiger partial charge in [0.25, 0.3) is 15.9 Å².